The molecule has 1 saturated heterocycles. The largest absolute Gasteiger partial charge is 0.508 e. The summed E-state index contributed by atoms with van der Waals surface area (Å²) in [4.78, 5) is 6.75. The second-order valence-electron chi connectivity index (χ2n) is 7.57. The van der Waals surface area contributed by atoms with Gasteiger partial charge >= 0.3 is 0 Å². The zero-order chi connectivity index (χ0) is 17.6. The Bertz CT molecular complexity index is 641. The van der Waals surface area contributed by atoms with Crippen LogP contribution in [0.15, 0.2) is 41.8 Å². The van der Waals surface area contributed by atoms with Crippen molar-refractivity contribution >= 4 is 11.3 Å². The number of aryl methyl sites for hydroxylation is 1. The molecular formula is C21H30N2OS. The number of benzene rings is 1. The standard InChI is InChI=1S/C21H30N2OS/c1-17(2)14-23-11-10-22(16-21-7-4-12-25-21)15-19(23)9-8-18-5-3-6-20(24)13-18/h3-7,12-13,17,19,24H,8-11,14-16H2,1-2H3. The molecule has 2 aromatic rings. The second kappa shape index (κ2) is 8.84. The predicted molar refractivity (Wildman–Crippen MR) is 106 cm³/mol. The minimum absolute atomic E-state index is 0.375. The quantitative estimate of drug-likeness (QED) is 0.802. The van der Waals surface area contributed by atoms with E-state index in [4.69, 9.17) is 0 Å². The van der Waals surface area contributed by atoms with Crippen molar-refractivity contribution in [3.63, 3.8) is 0 Å². The number of phenols is 1. The van der Waals surface area contributed by atoms with Gasteiger partial charge in [-0.05, 0) is 47.9 Å². The molecule has 1 aromatic heterocycles. The first-order valence-electron chi connectivity index (χ1n) is 9.37. The molecule has 25 heavy (non-hydrogen) atoms. The zero-order valence-corrected chi connectivity index (χ0v) is 16.2. The Morgan fingerprint density at radius 1 is 1.20 bits per heavy atom. The van der Waals surface area contributed by atoms with Gasteiger partial charge in [-0.1, -0.05) is 32.0 Å². The van der Waals surface area contributed by atoms with Crippen LogP contribution in [0.1, 0.15) is 30.7 Å². The van der Waals surface area contributed by atoms with Crippen LogP contribution < -0.4 is 0 Å². The number of rotatable bonds is 7. The highest BCUT2D eigenvalue weighted by atomic mass is 32.1. The van der Waals surface area contributed by atoms with Gasteiger partial charge in [-0.3, -0.25) is 9.80 Å². The van der Waals surface area contributed by atoms with Crippen LogP contribution in [0, 0.1) is 5.92 Å². The molecule has 0 aliphatic carbocycles. The lowest BCUT2D eigenvalue weighted by atomic mass is 10.0. The van der Waals surface area contributed by atoms with Crippen LogP contribution >= 0.6 is 11.3 Å². The maximum atomic E-state index is 9.69. The number of thiophene rings is 1. The second-order valence-corrected chi connectivity index (χ2v) is 8.60. The fourth-order valence-corrected chi connectivity index (χ4v) is 4.50. The predicted octanol–water partition coefficient (Wildman–Crippen LogP) is 4.23. The fraction of sp³-hybridized carbons (Fsp3) is 0.524. The smallest absolute Gasteiger partial charge is 0.115 e. The van der Waals surface area contributed by atoms with E-state index in [9.17, 15) is 5.11 Å². The molecule has 2 heterocycles. The molecule has 3 nitrogen and oxygen atoms in total. The van der Waals surface area contributed by atoms with Crippen molar-refractivity contribution in [2.24, 2.45) is 5.92 Å². The molecule has 1 aliphatic heterocycles. The number of nitrogens with zero attached hydrogens (tertiary/aromatic N) is 2. The molecule has 0 bridgehead atoms. The third kappa shape index (κ3) is 5.56. The van der Waals surface area contributed by atoms with Gasteiger partial charge in [0.2, 0.25) is 0 Å². The third-order valence-corrected chi connectivity index (χ3v) is 5.79. The highest BCUT2D eigenvalue weighted by molar-refractivity contribution is 7.09. The van der Waals surface area contributed by atoms with Gasteiger partial charge in [0, 0.05) is 43.6 Å². The van der Waals surface area contributed by atoms with Crippen molar-refractivity contribution in [1.82, 2.24) is 9.80 Å². The van der Waals surface area contributed by atoms with Crippen molar-refractivity contribution < 1.29 is 5.11 Å². The third-order valence-electron chi connectivity index (χ3n) is 4.92. The lowest BCUT2D eigenvalue weighted by Crippen LogP contribution is -2.53. The molecule has 0 amide bonds. The van der Waals surface area contributed by atoms with E-state index in [-0.39, 0.29) is 0 Å². The minimum Gasteiger partial charge on any atom is -0.508 e. The summed E-state index contributed by atoms with van der Waals surface area (Å²) in [6.45, 7) is 10.3. The van der Waals surface area contributed by atoms with E-state index >= 15 is 0 Å². The van der Waals surface area contributed by atoms with Crippen LogP contribution in [0.2, 0.25) is 0 Å². The van der Waals surface area contributed by atoms with Crippen LogP contribution in [-0.4, -0.2) is 47.1 Å². The highest BCUT2D eigenvalue weighted by Crippen LogP contribution is 2.21. The summed E-state index contributed by atoms with van der Waals surface area (Å²) in [5, 5.41) is 11.9. The topological polar surface area (TPSA) is 26.7 Å². The van der Waals surface area contributed by atoms with Gasteiger partial charge in [-0.25, -0.2) is 0 Å². The van der Waals surface area contributed by atoms with E-state index in [0.29, 0.717) is 17.7 Å². The number of hydrogen-bond donors (Lipinski definition) is 1. The van der Waals surface area contributed by atoms with Gasteiger partial charge in [0.1, 0.15) is 5.75 Å². The van der Waals surface area contributed by atoms with E-state index in [0.717, 1.165) is 39.0 Å². The Balaban J connectivity index is 1.61. The van der Waals surface area contributed by atoms with Crippen molar-refractivity contribution in [3.8, 4) is 5.75 Å². The molecule has 0 spiro atoms. The first-order chi connectivity index (χ1) is 12.1. The van der Waals surface area contributed by atoms with Gasteiger partial charge in [0.05, 0.1) is 0 Å². The maximum absolute atomic E-state index is 9.69. The number of aromatic hydroxyl groups is 1. The van der Waals surface area contributed by atoms with Crippen LogP contribution in [-0.2, 0) is 13.0 Å². The van der Waals surface area contributed by atoms with Crippen LogP contribution in [0.3, 0.4) is 0 Å². The lowest BCUT2D eigenvalue weighted by Gasteiger charge is -2.42. The molecular weight excluding hydrogens is 328 g/mol. The molecule has 3 rings (SSSR count). The number of piperazine rings is 1. The Labute approximate surface area is 155 Å². The van der Waals surface area contributed by atoms with E-state index in [1.165, 1.54) is 17.0 Å². The van der Waals surface area contributed by atoms with E-state index in [2.05, 4.69) is 47.2 Å². The summed E-state index contributed by atoms with van der Waals surface area (Å²) >= 11 is 1.86. The van der Waals surface area contributed by atoms with Crippen LogP contribution in [0.4, 0.5) is 0 Å². The average molecular weight is 359 g/mol. The molecule has 1 unspecified atom stereocenters. The maximum Gasteiger partial charge on any atom is 0.115 e. The molecule has 4 heteroatoms. The van der Waals surface area contributed by atoms with E-state index in [1.54, 1.807) is 6.07 Å². The normalized spacial score (nSPS) is 19.6. The summed E-state index contributed by atoms with van der Waals surface area (Å²) in [5.74, 6) is 1.08. The van der Waals surface area contributed by atoms with Crippen molar-refractivity contribution in [1.29, 1.82) is 0 Å². The highest BCUT2D eigenvalue weighted by Gasteiger charge is 2.27. The molecule has 1 fully saturated rings. The monoisotopic (exact) mass is 358 g/mol. The first-order valence-corrected chi connectivity index (χ1v) is 10.2. The van der Waals surface area contributed by atoms with Gasteiger partial charge in [0.15, 0.2) is 0 Å². The van der Waals surface area contributed by atoms with Gasteiger partial charge < -0.3 is 5.11 Å². The average Bonchev–Trinajstić information content (AvgIpc) is 3.07. The van der Waals surface area contributed by atoms with Crippen LogP contribution in [0.5, 0.6) is 5.75 Å². The molecule has 0 saturated carbocycles. The first kappa shape index (κ1) is 18.4. The van der Waals surface area contributed by atoms with Gasteiger partial charge in [0.25, 0.3) is 0 Å². The Morgan fingerprint density at radius 3 is 2.80 bits per heavy atom. The van der Waals surface area contributed by atoms with E-state index < -0.39 is 0 Å². The molecule has 1 atom stereocenters. The molecule has 0 radical (unpaired) electrons. The summed E-state index contributed by atoms with van der Waals surface area (Å²) in [5.41, 5.74) is 1.24. The summed E-state index contributed by atoms with van der Waals surface area (Å²) < 4.78 is 0. The fourth-order valence-electron chi connectivity index (χ4n) is 3.75. The van der Waals surface area contributed by atoms with Gasteiger partial charge in [-0.15, -0.1) is 11.3 Å². The Hall–Kier alpha value is -1.36. The molecule has 1 aromatic carbocycles. The SMILES string of the molecule is CC(C)CN1CCN(Cc2cccs2)CC1CCc1cccc(O)c1. The summed E-state index contributed by atoms with van der Waals surface area (Å²) in [6.07, 6.45) is 2.18. The number of phenolic OH excluding ortho intramolecular Hbond substituents is 1. The molecule has 136 valence electrons. The number of hydrogen-bond acceptors (Lipinski definition) is 4. The van der Waals surface area contributed by atoms with Crippen LogP contribution in [0.25, 0.3) is 0 Å². The summed E-state index contributed by atoms with van der Waals surface area (Å²) in [7, 11) is 0. The summed E-state index contributed by atoms with van der Waals surface area (Å²) in [6, 6.07) is 12.7. The van der Waals surface area contributed by atoms with Crippen molar-refractivity contribution in [2.45, 2.75) is 39.3 Å². The molecule has 1 N–H and O–H groups in total. The Kier molecular flexibility index (Phi) is 6.51. The van der Waals surface area contributed by atoms with Crippen molar-refractivity contribution in [3.05, 3.63) is 52.2 Å². The lowest BCUT2D eigenvalue weighted by molar-refractivity contribution is 0.0575. The molecule has 1 aliphatic rings. The Morgan fingerprint density at radius 2 is 2.08 bits per heavy atom. The zero-order valence-electron chi connectivity index (χ0n) is 15.4. The minimum atomic E-state index is 0.375. The van der Waals surface area contributed by atoms with Crippen molar-refractivity contribution in [2.75, 3.05) is 26.2 Å². The van der Waals surface area contributed by atoms with E-state index in [1.807, 2.05) is 23.5 Å². The van der Waals surface area contributed by atoms with Gasteiger partial charge in [-0.2, -0.15) is 0 Å².